The number of ether oxygens (including phenoxy) is 3. The number of benzene rings is 1. The number of rotatable bonds is 17. The molecule has 1 aromatic rings. The van der Waals surface area contributed by atoms with Gasteiger partial charge in [0.1, 0.15) is 17.7 Å². The van der Waals surface area contributed by atoms with Crippen LogP contribution in [0, 0.1) is 17.8 Å². The molecular weight excluding hydrogens is 602 g/mol. The molecule has 0 saturated carbocycles. The van der Waals surface area contributed by atoms with Gasteiger partial charge in [0.25, 0.3) is 0 Å². The van der Waals surface area contributed by atoms with E-state index in [1.54, 1.807) is 29.2 Å². The Morgan fingerprint density at radius 2 is 1.87 bits per heavy atom. The van der Waals surface area contributed by atoms with Gasteiger partial charge in [-0.15, -0.1) is 13.2 Å². The minimum absolute atomic E-state index is 0.0643. The van der Waals surface area contributed by atoms with Crippen molar-refractivity contribution in [2.75, 3.05) is 26.9 Å². The number of amides is 3. The maximum atomic E-state index is 14.5. The smallest absolute Gasteiger partial charge is 0.313 e. The van der Waals surface area contributed by atoms with Crippen LogP contribution >= 0.6 is 0 Å². The lowest BCUT2D eigenvalue weighted by Crippen LogP contribution is -2.60. The number of aliphatic hydroxyl groups is 1. The number of hydrogen-bond donors (Lipinski definition) is 2. The lowest BCUT2D eigenvalue weighted by Gasteiger charge is -2.41. The molecule has 3 aliphatic heterocycles. The number of nitrogens with one attached hydrogen (secondary N) is 1. The molecule has 2 N–H and O–H groups in total. The SMILES string of the molecule is C=CCCC(=O)N[C@H](COC)[C@H](OC(=O)[C@@H]1[C@H]2C(=O)N([C@@H](CO)C(C)C)[C@H](C(=O)N(CC=C)C(C)C)[C@]23CC[C@H]1O3)c1ccccc1. The standard InChI is InChI=1S/C36H51N3O8/c1-8-10-16-28(41)37-25(21-45-7)31(24-14-12-11-13-15-24)46-35(44)29-27-17-18-36(47-27)30(29)33(42)39(26(20-40)22(3)4)32(36)34(43)38(19-9-2)23(5)6/h8-9,11-15,22-23,25-27,29-32,40H,1-2,10,16-21H2,3-7H3,(H,37,41)/t25-,26+,27-,29+,30+,31-,32-,36+/m1/s1. The van der Waals surface area contributed by atoms with E-state index in [0.717, 1.165) is 0 Å². The lowest BCUT2D eigenvalue weighted by molar-refractivity contribution is -0.164. The predicted octanol–water partition coefficient (Wildman–Crippen LogP) is 3.18. The summed E-state index contributed by atoms with van der Waals surface area (Å²) in [5, 5.41) is 13.4. The Balaban J connectivity index is 1.73. The third-order valence-corrected chi connectivity index (χ3v) is 9.80. The Morgan fingerprint density at radius 3 is 2.45 bits per heavy atom. The first-order chi connectivity index (χ1) is 22.5. The Morgan fingerprint density at radius 1 is 1.17 bits per heavy atom. The fourth-order valence-corrected chi connectivity index (χ4v) is 7.59. The monoisotopic (exact) mass is 653 g/mol. The van der Waals surface area contributed by atoms with Crippen molar-refractivity contribution < 1.29 is 38.5 Å². The van der Waals surface area contributed by atoms with Crippen molar-refractivity contribution in [2.24, 2.45) is 17.8 Å². The zero-order valence-electron chi connectivity index (χ0n) is 28.3. The third kappa shape index (κ3) is 7.03. The van der Waals surface area contributed by atoms with Crippen molar-refractivity contribution in [1.82, 2.24) is 15.1 Å². The van der Waals surface area contributed by atoms with Crippen LogP contribution in [0.3, 0.4) is 0 Å². The zero-order valence-corrected chi connectivity index (χ0v) is 28.3. The number of esters is 1. The van der Waals surface area contributed by atoms with Crippen LogP contribution in [-0.4, -0.2) is 101 Å². The van der Waals surface area contributed by atoms with E-state index in [1.165, 1.54) is 12.0 Å². The minimum Gasteiger partial charge on any atom is -0.455 e. The molecule has 0 unspecified atom stereocenters. The molecule has 258 valence electrons. The van der Waals surface area contributed by atoms with E-state index >= 15 is 0 Å². The van der Waals surface area contributed by atoms with Crippen molar-refractivity contribution in [3.05, 3.63) is 61.2 Å². The summed E-state index contributed by atoms with van der Waals surface area (Å²) in [4.78, 5) is 59.3. The van der Waals surface area contributed by atoms with Crippen molar-refractivity contribution in [3.63, 3.8) is 0 Å². The first kappa shape index (κ1) is 36.3. The van der Waals surface area contributed by atoms with Crippen LogP contribution in [0.2, 0.25) is 0 Å². The maximum Gasteiger partial charge on any atom is 0.313 e. The zero-order chi connectivity index (χ0) is 34.5. The molecule has 2 bridgehead atoms. The normalized spacial score (nSPS) is 26.6. The quantitative estimate of drug-likeness (QED) is 0.194. The number of carbonyl (C=O) groups is 4. The molecule has 3 fully saturated rings. The summed E-state index contributed by atoms with van der Waals surface area (Å²) in [5.41, 5.74) is -0.609. The van der Waals surface area contributed by atoms with Crippen molar-refractivity contribution in [2.45, 2.75) is 95.4 Å². The summed E-state index contributed by atoms with van der Waals surface area (Å²) < 4.78 is 18.3. The van der Waals surface area contributed by atoms with E-state index in [1.807, 2.05) is 45.9 Å². The van der Waals surface area contributed by atoms with Crippen LogP contribution in [0.25, 0.3) is 0 Å². The van der Waals surface area contributed by atoms with Gasteiger partial charge in [-0.25, -0.2) is 0 Å². The fraction of sp³-hybridized carbons (Fsp3) is 0.611. The number of aliphatic hydroxyl groups excluding tert-OH is 1. The number of hydrogen-bond acceptors (Lipinski definition) is 8. The van der Waals surface area contributed by atoms with E-state index in [2.05, 4.69) is 18.5 Å². The molecule has 0 radical (unpaired) electrons. The van der Waals surface area contributed by atoms with Gasteiger partial charge in [0.05, 0.1) is 43.2 Å². The molecule has 3 heterocycles. The van der Waals surface area contributed by atoms with Crippen molar-refractivity contribution in [3.8, 4) is 0 Å². The topological polar surface area (TPSA) is 135 Å². The average Bonchev–Trinajstić information content (AvgIpc) is 3.69. The molecule has 0 aliphatic carbocycles. The van der Waals surface area contributed by atoms with E-state index in [-0.39, 0.29) is 50.0 Å². The largest absolute Gasteiger partial charge is 0.455 e. The van der Waals surface area contributed by atoms with E-state index in [9.17, 15) is 24.3 Å². The summed E-state index contributed by atoms with van der Waals surface area (Å²) in [5.74, 6) is -3.72. The van der Waals surface area contributed by atoms with Crippen LogP contribution in [0.5, 0.6) is 0 Å². The van der Waals surface area contributed by atoms with Gasteiger partial charge in [-0.2, -0.15) is 0 Å². The van der Waals surface area contributed by atoms with Gasteiger partial charge >= 0.3 is 5.97 Å². The number of likely N-dealkylation sites (tertiary alicyclic amines) is 1. The number of nitrogens with zero attached hydrogens (tertiary/aromatic N) is 2. The molecule has 4 rings (SSSR count). The van der Waals surface area contributed by atoms with Gasteiger partial charge in [0.2, 0.25) is 17.7 Å². The van der Waals surface area contributed by atoms with Crippen LogP contribution < -0.4 is 5.32 Å². The Bertz CT molecular complexity index is 1300. The fourth-order valence-electron chi connectivity index (χ4n) is 7.59. The molecule has 3 aliphatic rings. The van der Waals surface area contributed by atoms with Crippen LogP contribution in [-0.2, 0) is 33.4 Å². The molecule has 11 nitrogen and oxygen atoms in total. The Kier molecular flexibility index (Phi) is 12.0. The first-order valence-electron chi connectivity index (χ1n) is 16.6. The Hall–Kier alpha value is -3.54. The molecule has 47 heavy (non-hydrogen) atoms. The predicted molar refractivity (Wildman–Crippen MR) is 176 cm³/mol. The highest BCUT2D eigenvalue weighted by Crippen LogP contribution is 2.59. The van der Waals surface area contributed by atoms with Gasteiger partial charge in [0, 0.05) is 26.1 Å². The Labute approximate surface area is 278 Å². The van der Waals surface area contributed by atoms with Crippen molar-refractivity contribution in [1.29, 1.82) is 0 Å². The van der Waals surface area contributed by atoms with Gasteiger partial charge in [-0.1, -0.05) is 56.3 Å². The molecule has 3 amide bonds. The number of methoxy groups -OCH3 is 1. The van der Waals surface area contributed by atoms with Crippen LogP contribution in [0.15, 0.2) is 55.6 Å². The molecule has 3 saturated heterocycles. The summed E-state index contributed by atoms with van der Waals surface area (Å²) in [6.07, 6.45) is 3.31. The molecule has 8 atom stereocenters. The summed E-state index contributed by atoms with van der Waals surface area (Å²) in [6, 6.07) is 6.48. The van der Waals surface area contributed by atoms with Crippen LogP contribution in [0.1, 0.15) is 65.0 Å². The molecule has 0 aromatic heterocycles. The summed E-state index contributed by atoms with van der Waals surface area (Å²) in [7, 11) is 1.50. The molecule has 1 spiro atoms. The van der Waals surface area contributed by atoms with Gasteiger partial charge in [-0.3, -0.25) is 19.2 Å². The molecule has 11 heteroatoms. The van der Waals surface area contributed by atoms with Gasteiger partial charge < -0.3 is 34.4 Å². The molecular formula is C36H51N3O8. The second kappa shape index (κ2) is 15.6. The third-order valence-electron chi connectivity index (χ3n) is 9.80. The highest BCUT2D eigenvalue weighted by atomic mass is 16.6. The average molecular weight is 654 g/mol. The second-order valence-corrected chi connectivity index (χ2v) is 13.4. The lowest BCUT2D eigenvalue weighted by atomic mass is 9.70. The summed E-state index contributed by atoms with van der Waals surface area (Å²) >= 11 is 0. The van der Waals surface area contributed by atoms with E-state index in [4.69, 9.17) is 14.2 Å². The van der Waals surface area contributed by atoms with Gasteiger partial charge in [-0.05, 0) is 44.6 Å². The minimum atomic E-state index is -1.26. The number of fused-ring (bicyclic) bond motifs is 1. The number of carbonyl (C=O) groups excluding carboxylic acids is 4. The van der Waals surface area contributed by atoms with Crippen LogP contribution in [0.4, 0.5) is 0 Å². The second-order valence-electron chi connectivity index (χ2n) is 13.4. The summed E-state index contributed by atoms with van der Waals surface area (Å²) in [6.45, 7) is 15.1. The van der Waals surface area contributed by atoms with E-state index in [0.29, 0.717) is 24.8 Å². The van der Waals surface area contributed by atoms with Gasteiger partial charge in [0.15, 0.2) is 0 Å². The highest BCUT2D eigenvalue weighted by molar-refractivity contribution is 5.98. The van der Waals surface area contributed by atoms with Crippen molar-refractivity contribution >= 4 is 23.7 Å². The van der Waals surface area contributed by atoms with E-state index < -0.39 is 59.6 Å². The number of allylic oxidation sites excluding steroid dienone is 1. The highest BCUT2D eigenvalue weighted by Gasteiger charge is 2.76. The first-order valence-corrected chi connectivity index (χ1v) is 16.6. The molecule has 1 aromatic carbocycles. The maximum absolute atomic E-state index is 14.5.